The van der Waals surface area contributed by atoms with E-state index in [1.165, 1.54) is 6.42 Å². The summed E-state index contributed by atoms with van der Waals surface area (Å²) in [4.78, 5) is 19.0. The largest absolute Gasteiger partial charge is 0.506 e. The summed E-state index contributed by atoms with van der Waals surface area (Å²) >= 11 is 6.00. The number of imidazole rings is 1. The van der Waals surface area contributed by atoms with Crippen molar-refractivity contribution < 1.29 is 9.90 Å². The van der Waals surface area contributed by atoms with Crippen LogP contribution in [0, 0.1) is 0 Å². The normalized spacial score (nSPS) is 14.8. The van der Waals surface area contributed by atoms with Crippen LogP contribution in [-0.2, 0) is 0 Å². The Balaban J connectivity index is 1.69. The number of likely N-dealkylation sites (tertiary alicyclic amines) is 1. The van der Waals surface area contributed by atoms with Gasteiger partial charge in [0.25, 0.3) is 5.91 Å². The average molecular weight is 356 g/mol. The van der Waals surface area contributed by atoms with E-state index in [1.54, 1.807) is 24.5 Å². The fourth-order valence-corrected chi connectivity index (χ4v) is 3.45. The molecular weight excluding hydrogens is 338 g/mol. The summed E-state index contributed by atoms with van der Waals surface area (Å²) in [5.41, 5.74) is 3.12. The first kappa shape index (κ1) is 16.0. The number of hydrogen-bond donors (Lipinski definition) is 1. The Hall–Kier alpha value is -2.53. The SMILES string of the molecule is O=C(c1ccc2c(c1)ncn2-c1ccc(O)c(Cl)c1)N1CCCCC1. The number of aromatic nitrogens is 2. The highest BCUT2D eigenvalue weighted by atomic mass is 35.5. The van der Waals surface area contributed by atoms with Gasteiger partial charge in [0.2, 0.25) is 0 Å². The zero-order valence-electron chi connectivity index (χ0n) is 13.7. The molecule has 1 saturated heterocycles. The maximum absolute atomic E-state index is 12.6. The molecule has 1 aliphatic heterocycles. The number of fused-ring (bicyclic) bond motifs is 1. The van der Waals surface area contributed by atoms with Gasteiger partial charge < -0.3 is 10.0 Å². The fraction of sp³-hybridized carbons (Fsp3) is 0.263. The van der Waals surface area contributed by atoms with Crippen LogP contribution in [0.2, 0.25) is 5.02 Å². The molecule has 1 fully saturated rings. The van der Waals surface area contributed by atoms with Crippen LogP contribution in [0.25, 0.3) is 16.7 Å². The van der Waals surface area contributed by atoms with Gasteiger partial charge in [-0.1, -0.05) is 11.6 Å². The lowest BCUT2D eigenvalue weighted by Gasteiger charge is -2.26. The third-order valence-electron chi connectivity index (χ3n) is 4.65. The highest BCUT2D eigenvalue weighted by Crippen LogP contribution is 2.27. The van der Waals surface area contributed by atoms with Gasteiger partial charge in [-0.25, -0.2) is 4.98 Å². The van der Waals surface area contributed by atoms with Crippen molar-refractivity contribution in [1.82, 2.24) is 14.5 Å². The number of hydrogen-bond acceptors (Lipinski definition) is 3. The number of rotatable bonds is 2. The first-order chi connectivity index (χ1) is 12.1. The monoisotopic (exact) mass is 355 g/mol. The van der Waals surface area contributed by atoms with Gasteiger partial charge in [-0.3, -0.25) is 9.36 Å². The van der Waals surface area contributed by atoms with Gasteiger partial charge in [-0.15, -0.1) is 0 Å². The summed E-state index contributed by atoms with van der Waals surface area (Å²) in [5, 5.41) is 9.87. The van der Waals surface area contributed by atoms with E-state index in [0.29, 0.717) is 5.56 Å². The lowest BCUT2D eigenvalue weighted by Crippen LogP contribution is -2.35. The number of piperidine rings is 1. The predicted octanol–water partition coefficient (Wildman–Crippen LogP) is 4.01. The van der Waals surface area contributed by atoms with E-state index in [-0.39, 0.29) is 16.7 Å². The van der Waals surface area contributed by atoms with Crippen molar-refractivity contribution in [1.29, 1.82) is 0 Å². The predicted molar refractivity (Wildman–Crippen MR) is 97.5 cm³/mol. The number of amides is 1. The second kappa shape index (κ2) is 6.41. The zero-order chi connectivity index (χ0) is 17.4. The molecule has 0 radical (unpaired) electrons. The van der Waals surface area contributed by atoms with Gasteiger partial charge in [-0.05, 0) is 55.7 Å². The van der Waals surface area contributed by atoms with Crippen molar-refractivity contribution in [2.24, 2.45) is 0 Å². The van der Waals surface area contributed by atoms with Gasteiger partial charge >= 0.3 is 0 Å². The Labute approximate surface area is 150 Å². The molecule has 2 aromatic carbocycles. The topological polar surface area (TPSA) is 58.4 Å². The lowest BCUT2D eigenvalue weighted by atomic mass is 10.1. The Morgan fingerprint density at radius 2 is 1.88 bits per heavy atom. The maximum atomic E-state index is 12.6. The Kier molecular flexibility index (Phi) is 4.09. The summed E-state index contributed by atoms with van der Waals surface area (Å²) in [7, 11) is 0. The number of phenols is 1. The molecule has 0 atom stereocenters. The van der Waals surface area contributed by atoms with Crippen LogP contribution in [0.15, 0.2) is 42.7 Å². The van der Waals surface area contributed by atoms with Crippen LogP contribution in [-0.4, -0.2) is 38.6 Å². The van der Waals surface area contributed by atoms with Crippen molar-refractivity contribution in [3.8, 4) is 11.4 Å². The molecular formula is C19H18ClN3O2. The molecule has 1 N–H and O–H groups in total. The van der Waals surface area contributed by atoms with Crippen LogP contribution >= 0.6 is 11.6 Å². The average Bonchev–Trinajstić information content (AvgIpc) is 3.07. The number of nitrogens with zero attached hydrogens (tertiary/aromatic N) is 3. The molecule has 5 nitrogen and oxygen atoms in total. The first-order valence-corrected chi connectivity index (χ1v) is 8.76. The minimum absolute atomic E-state index is 0.0456. The summed E-state index contributed by atoms with van der Waals surface area (Å²) in [6.07, 6.45) is 5.04. The van der Waals surface area contributed by atoms with Gasteiger partial charge in [-0.2, -0.15) is 0 Å². The van der Waals surface area contributed by atoms with Crippen LogP contribution in [0.5, 0.6) is 5.75 Å². The van der Waals surface area contributed by atoms with Gasteiger partial charge in [0, 0.05) is 24.3 Å². The van der Waals surface area contributed by atoms with Crippen LogP contribution in [0.3, 0.4) is 0 Å². The molecule has 0 spiro atoms. The summed E-state index contributed by atoms with van der Waals surface area (Å²) in [6, 6.07) is 10.6. The molecule has 0 bridgehead atoms. The van der Waals surface area contributed by atoms with Gasteiger partial charge in [0.1, 0.15) is 12.1 Å². The molecule has 1 aliphatic rings. The molecule has 1 aromatic heterocycles. The Morgan fingerprint density at radius 1 is 1.08 bits per heavy atom. The molecule has 128 valence electrons. The van der Waals surface area contributed by atoms with E-state index in [4.69, 9.17) is 11.6 Å². The van der Waals surface area contributed by atoms with Crippen molar-refractivity contribution in [2.45, 2.75) is 19.3 Å². The summed E-state index contributed by atoms with van der Waals surface area (Å²) in [5.74, 6) is 0.119. The number of halogens is 1. The van der Waals surface area contributed by atoms with E-state index >= 15 is 0 Å². The van der Waals surface area contributed by atoms with Crippen molar-refractivity contribution in [3.05, 3.63) is 53.3 Å². The summed E-state index contributed by atoms with van der Waals surface area (Å²) < 4.78 is 1.88. The second-order valence-electron chi connectivity index (χ2n) is 6.31. The second-order valence-corrected chi connectivity index (χ2v) is 6.71. The van der Waals surface area contributed by atoms with Crippen LogP contribution in [0.1, 0.15) is 29.6 Å². The number of carbonyl (C=O) groups excluding carboxylic acids is 1. The molecule has 6 heteroatoms. The van der Waals surface area contributed by atoms with Crippen molar-refractivity contribution >= 4 is 28.5 Å². The number of benzene rings is 2. The molecule has 2 heterocycles. The molecule has 4 rings (SSSR count). The minimum atomic E-state index is 0.0456. The Bertz CT molecular complexity index is 945. The maximum Gasteiger partial charge on any atom is 0.253 e. The van der Waals surface area contributed by atoms with Gasteiger partial charge in [0.15, 0.2) is 0 Å². The molecule has 3 aromatic rings. The molecule has 0 unspecified atom stereocenters. The minimum Gasteiger partial charge on any atom is -0.506 e. The number of phenolic OH excluding ortho intramolecular Hbond substituents is 1. The van der Waals surface area contributed by atoms with E-state index in [0.717, 1.165) is 42.7 Å². The molecule has 0 saturated carbocycles. The first-order valence-electron chi connectivity index (χ1n) is 8.39. The van der Waals surface area contributed by atoms with E-state index in [2.05, 4.69) is 4.98 Å². The smallest absolute Gasteiger partial charge is 0.253 e. The van der Waals surface area contributed by atoms with E-state index < -0.39 is 0 Å². The fourth-order valence-electron chi connectivity index (χ4n) is 3.28. The van der Waals surface area contributed by atoms with E-state index in [1.807, 2.05) is 27.7 Å². The van der Waals surface area contributed by atoms with Crippen LogP contribution < -0.4 is 0 Å². The van der Waals surface area contributed by atoms with Crippen molar-refractivity contribution in [3.63, 3.8) is 0 Å². The highest BCUT2D eigenvalue weighted by Gasteiger charge is 2.19. The third kappa shape index (κ3) is 2.96. The number of carbonyl (C=O) groups is 1. The summed E-state index contributed by atoms with van der Waals surface area (Å²) in [6.45, 7) is 1.66. The standard InChI is InChI=1S/C19H18ClN3O2/c20-15-11-14(5-7-18(15)24)23-12-21-16-10-13(4-6-17(16)23)19(25)22-8-2-1-3-9-22/h4-7,10-12,24H,1-3,8-9H2. The Morgan fingerprint density at radius 3 is 2.64 bits per heavy atom. The molecule has 0 aliphatic carbocycles. The van der Waals surface area contributed by atoms with Gasteiger partial charge in [0.05, 0.1) is 16.1 Å². The number of aromatic hydroxyl groups is 1. The quantitative estimate of drug-likeness (QED) is 0.755. The van der Waals surface area contributed by atoms with E-state index in [9.17, 15) is 9.90 Å². The molecule has 1 amide bonds. The van der Waals surface area contributed by atoms with Crippen molar-refractivity contribution in [2.75, 3.05) is 13.1 Å². The third-order valence-corrected chi connectivity index (χ3v) is 4.95. The highest BCUT2D eigenvalue weighted by molar-refractivity contribution is 6.32. The molecule has 25 heavy (non-hydrogen) atoms. The zero-order valence-corrected chi connectivity index (χ0v) is 14.4. The van der Waals surface area contributed by atoms with Crippen LogP contribution in [0.4, 0.5) is 0 Å². The lowest BCUT2D eigenvalue weighted by molar-refractivity contribution is 0.0724.